The van der Waals surface area contributed by atoms with Crippen molar-refractivity contribution in [2.45, 2.75) is 0 Å². The zero-order valence-corrected chi connectivity index (χ0v) is 19.6. The van der Waals surface area contributed by atoms with E-state index in [-0.39, 0.29) is 22.0 Å². The minimum atomic E-state index is -1.70. The van der Waals surface area contributed by atoms with Gasteiger partial charge in [0, 0.05) is 22.5 Å². The highest BCUT2D eigenvalue weighted by molar-refractivity contribution is 6.28. The Hall–Kier alpha value is -5.86. The van der Waals surface area contributed by atoms with E-state index in [1.807, 2.05) is 0 Å². The maximum atomic E-state index is 13.7. The molecule has 0 aliphatic carbocycles. The number of anilines is 2. The lowest BCUT2D eigenvalue weighted by molar-refractivity contribution is 0.0651. The molecule has 0 atom stereocenters. The lowest BCUT2D eigenvalue weighted by Gasteiger charge is -2.18. The van der Waals surface area contributed by atoms with Gasteiger partial charge in [-0.3, -0.25) is 9.59 Å². The zero-order valence-electron chi connectivity index (χ0n) is 19.6. The summed E-state index contributed by atoms with van der Waals surface area (Å²) in [4.78, 5) is 52.0. The van der Waals surface area contributed by atoms with Crippen molar-refractivity contribution in [1.29, 1.82) is 0 Å². The molecular formula is C30H18N2O6. The Kier molecular flexibility index (Phi) is 6.91. The number of benzene rings is 4. The van der Waals surface area contributed by atoms with Crippen molar-refractivity contribution in [2.24, 2.45) is 0 Å². The average molecular weight is 502 g/mol. The van der Waals surface area contributed by atoms with Gasteiger partial charge in [-0.2, -0.15) is 0 Å². The van der Waals surface area contributed by atoms with E-state index in [0.29, 0.717) is 16.8 Å². The van der Waals surface area contributed by atoms with Crippen molar-refractivity contribution in [3.8, 4) is 24.7 Å². The fourth-order valence-electron chi connectivity index (χ4n) is 4.10. The maximum Gasteiger partial charge on any atom is 0.337 e. The number of rotatable bonds is 6. The summed E-state index contributed by atoms with van der Waals surface area (Å²) in [7, 11) is 0. The second-order valence-electron chi connectivity index (χ2n) is 8.01. The molecule has 8 nitrogen and oxygen atoms in total. The molecule has 8 heteroatoms. The van der Waals surface area contributed by atoms with E-state index in [0.717, 1.165) is 0 Å². The molecule has 0 radical (unpaired) electrons. The molecule has 0 unspecified atom stereocenters. The number of hydrogen-bond acceptors (Lipinski definition) is 4. The Morgan fingerprint density at radius 2 is 1.03 bits per heavy atom. The molecule has 0 saturated carbocycles. The second-order valence-corrected chi connectivity index (χ2v) is 8.01. The smallest absolute Gasteiger partial charge is 0.337 e. The van der Waals surface area contributed by atoms with Crippen molar-refractivity contribution in [3.05, 3.63) is 106 Å². The molecule has 38 heavy (non-hydrogen) atoms. The van der Waals surface area contributed by atoms with Crippen LogP contribution >= 0.6 is 0 Å². The highest BCUT2D eigenvalue weighted by Gasteiger charge is 2.33. The fraction of sp³-hybridized carbons (Fsp3) is 0. The molecular weight excluding hydrogens is 484 g/mol. The highest BCUT2D eigenvalue weighted by atomic mass is 16.4. The number of carbonyl (C=O) groups is 4. The highest BCUT2D eigenvalue weighted by Crippen LogP contribution is 2.33. The van der Waals surface area contributed by atoms with E-state index >= 15 is 0 Å². The third-order valence-corrected chi connectivity index (χ3v) is 5.67. The first kappa shape index (κ1) is 25.2. The summed E-state index contributed by atoms with van der Waals surface area (Å²) in [5.74, 6) is -0.241. The molecule has 0 aliphatic rings. The molecule has 0 heterocycles. The summed E-state index contributed by atoms with van der Waals surface area (Å²) in [6.07, 6.45) is 10.9. The SMILES string of the molecule is C#Cc1cccc(NC(=O)c2c(C(=O)O)c(C(=O)O)c3ccccc3c2C(=O)Nc2cccc(C#C)c2)c1. The third-order valence-electron chi connectivity index (χ3n) is 5.67. The molecule has 0 spiro atoms. The Balaban J connectivity index is 2.00. The van der Waals surface area contributed by atoms with Crippen LogP contribution in [0, 0.1) is 24.7 Å². The van der Waals surface area contributed by atoms with Crippen LogP contribution in [0.3, 0.4) is 0 Å². The second kappa shape index (κ2) is 10.4. The number of terminal acetylenes is 2. The molecule has 2 amide bonds. The fourth-order valence-corrected chi connectivity index (χ4v) is 4.10. The number of hydrogen-bond donors (Lipinski definition) is 4. The van der Waals surface area contributed by atoms with E-state index in [4.69, 9.17) is 12.8 Å². The van der Waals surface area contributed by atoms with Gasteiger partial charge in [0.05, 0.1) is 22.3 Å². The van der Waals surface area contributed by atoms with Crippen LogP contribution in [0.1, 0.15) is 52.6 Å². The van der Waals surface area contributed by atoms with Crippen molar-refractivity contribution in [3.63, 3.8) is 0 Å². The average Bonchev–Trinajstić information content (AvgIpc) is 2.91. The number of carboxylic acids is 2. The molecule has 4 aromatic carbocycles. The van der Waals surface area contributed by atoms with Crippen LogP contribution in [0.4, 0.5) is 11.4 Å². The van der Waals surface area contributed by atoms with Crippen LogP contribution in [-0.4, -0.2) is 34.0 Å². The predicted molar refractivity (Wildman–Crippen MR) is 143 cm³/mol. The van der Waals surface area contributed by atoms with Gasteiger partial charge >= 0.3 is 11.9 Å². The van der Waals surface area contributed by atoms with Gasteiger partial charge < -0.3 is 20.8 Å². The Bertz CT molecular complexity index is 1740. The standard InChI is InChI=1S/C30H18N2O6/c1-3-17-9-7-11-19(15-17)31-27(33)23-21-13-5-6-14-22(21)24(29(35)36)26(30(37)38)25(23)28(34)32-20-12-8-10-18(4-2)16-20/h1-2,5-16H,(H,31,33)(H,32,34)(H,35,36)(H,37,38). The topological polar surface area (TPSA) is 133 Å². The van der Waals surface area contributed by atoms with Gasteiger partial charge in [0.25, 0.3) is 11.8 Å². The monoisotopic (exact) mass is 502 g/mol. The molecule has 4 rings (SSSR count). The Labute approximate surface area is 216 Å². The minimum absolute atomic E-state index is 0.0224. The number of aromatic carboxylic acids is 2. The van der Waals surface area contributed by atoms with Crippen LogP contribution in [0.5, 0.6) is 0 Å². The molecule has 0 bridgehead atoms. The number of amides is 2. The number of nitrogens with one attached hydrogen (secondary N) is 2. The third kappa shape index (κ3) is 4.78. The lowest BCUT2D eigenvalue weighted by Crippen LogP contribution is -2.26. The van der Waals surface area contributed by atoms with Crippen LogP contribution < -0.4 is 10.6 Å². The maximum absolute atomic E-state index is 13.7. The van der Waals surface area contributed by atoms with E-state index in [2.05, 4.69) is 22.5 Å². The molecule has 4 aromatic rings. The van der Waals surface area contributed by atoms with Gasteiger partial charge in [-0.05, 0) is 47.2 Å². The normalized spacial score (nSPS) is 10.2. The number of carbonyl (C=O) groups excluding carboxylic acids is 2. The van der Waals surface area contributed by atoms with Gasteiger partial charge in [0.2, 0.25) is 0 Å². The van der Waals surface area contributed by atoms with Gasteiger partial charge in [0.1, 0.15) is 0 Å². The molecule has 0 aromatic heterocycles. The first-order valence-electron chi connectivity index (χ1n) is 11.1. The van der Waals surface area contributed by atoms with Crippen LogP contribution in [-0.2, 0) is 0 Å². The lowest BCUT2D eigenvalue weighted by atomic mass is 9.87. The summed E-state index contributed by atoms with van der Waals surface area (Å²) < 4.78 is 0. The summed E-state index contributed by atoms with van der Waals surface area (Å²) >= 11 is 0. The first-order valence-corrected chi connectivity index (χ1v) is 11.1. The largest absolute Gasteiger partial charge is 0.478 e. The predicted octanol–water partition coefficient (Wildman–Crippen LogP) is 4.70. The van der Waals surface area contributed by atoms with Crippen molar-refractivity contribution >= 4 is 45.9 Å². The number of fused-ring (bicyclic) bond motifs is 1. The van der Waals surface area contributed by atoms with E-state index in [1.54, 1.807) is 36.4 Å². The van der Waals surface area contributed by atoms with E-state index in [9.17, 15) is 29.4 Å². The van der Waals surface area contributed by atoms with Crippen LogP contribution in [0.15, 0.2) is 72.8 Å². The Morgan fingerprint density at radius 1 is 0.579 bits per heavy atom. The molecule has 4 N–H and O–H groups in total. The molecule has 0 aliphatic heterocycles. The van der Waals surface area contributed by atoms with Crippen LogP contribution in [0.25, 0.3) is 10.8 Å². The molecule has 0 saturated heterocycles. The summed E-state index contributed by atoms with van der Waals surface area (Å²) in [6.45, 7) is 0. The van der Waals surface area contributed by atoms with Crippen molar-refractivity contribution in [2.75, 3.05) is 10.6 Å². The van der Waals surface area contributed by atoms with Gasteiger partial charge in [-0.1, -0.05) is 48.2 Å². The van der Waals surface area contributed by atoms with Gasteiger partial charge in [-0.25, -0.2) is 9.59 Å². The summed E-state index contributed by atoms with van der Waals surface area (Å²) in [5, 5.41) is 25.3. The quantitative estimate of drug-likeness (QED) is 0.283. The summed E-state index contributed by atoms with van der Waals surface area (Å²) in [6, 6.07) is 18.4. The van der Waals surface area contributed by atoms with Gasteiger partial charge in [-0.15, -0.1) is 12.8 Å². The van der Waals surface area contributed by atoms with E-state index < -0.39 is 40.4 Å². The molecule has 0 fully saturated rings. The van der Waals surface area contributed by atoms with Crippen LogP contribution in [0.2, 0.25) is 0 Å². The Morgan fingerprint density at radius 3 is 1.47 bits per heavy atom. The molecule has 184 valence electrons. The van der Waals surface area contributed by atoms with Crippen molar-refractivity contribution in [1.82, 2.24) is 0 Å². The zero-order chi connectivity index (χ0) is 27.4. The van der Waals surface area contributed by atoms with E-state index in [1.165, 1.54) is 36.4 Å². The minimum Gasteiger partial charge on any atom is -0.478 e. The van der Waals surface area contributed by atoms with Crippen molar-refractivity contribution < 1.29 is 29.4 Å². The van der Waals surface area contributed by atoms with Gasteiger partial charge in [0.15, 0.2) is 0 Å². The first-order chi connectivity index (χ1) is 18.2. The summed E-state index contributed by atoms with van der Waals surface area (Å²) in [5.41, 5.74) is -0.957. The number of carboxylic acid groups (broad SMARTS) is 2.